The molecule has 2 aromatic carbocycles. The van der Waals surface area contributed by atoms with E-state index in [4.69, 9.17) is 0 Å². The molecular formula is C18H19N3O2S. The van der Waals surface area contributed by atoms with E-state index in [9.17, 15) is 9.59 Å². The second-order valence-corrected chi connectivity index (χ2v) is 6.66. The molecule has 124 valence electrons. The van der Waals surface area contributed by atoms with Gasteiger partial charge in [0, 0.05) is 23.3 Å². The standard InChI is InChI=1S/C18H19N3O2S/c1-12(18(23)21(2)14-6-4-3-5-7-14)19-13-8-9-16-15(10-13)20-17(22)11-24-16/h3-10,12,19H,11H2,1-2H3,(H,20,22)/t12-/m1/s1. The highest BCUT2D eigenvalue weighted by Crippen LogP contribution is 2.33. The van der Waals surface area contributed by atoms with E-state index in [0.717, 1.165) is 22.0 Å². The van der Waals surface area contributed by atoms with Crippen molar-refractivity contribution < 1.29 is 9.59 Å². The number of carbonyl (C=O) groups excluding carboxylic acids is 2. The molecule has 0 saturated heterocycles. The molecule has 2 N–H and O–H groups in total. The number of carbonyl (C=O) groups is 2. The van der Waals surface area contributed by atoms with Gasteiger partial charge in [0.15, 0.2) is 0 Å². The summed E-state index contributed by atoms with van der Waals surface area (Å²) in [5.74, 6) is 0.409. The van der Waals surface area contributed by atoms with Gasteiger partial charge in [-0.05, 0) is 37.3 Å². The number of hydrogen-bond donors (Lipinski definition) is 2. The Labute approximate surface area is 145 Å². The van der Waals surface area contributed by atoms with Crippen molar-refractivity contribution in [1.82, 2.24) is 0 Å². The van der Waals surface area contributed by atoms with Gasteiger partial charge in [0.25, 0.3) is 0 Å². The van der Waals surface area contributed by atoms with E-state index in [0.29, 0.717) is 5.75 Å². The van der Waals surface area contributed by atoms with Crippen LogP contribution in [0.2, 0.25) is 0 Å². The van der Waals surface area contributed by atoms with Crippen molar-refractivity contribution in [1.29, 1.82) is 0 Å². The van der Waals surface area contributed by atoms with Crippen LogP contribution in [0, 0.1) is 0 Å². The largest absolute Gasteiger partial charge is 0.374 e. The quantitative estimate of drug-likeness (QED) is 0.896. The lowest BCUT2D eigenvalue weighted by Gasteiger charge is -2.24. The highest BCUT2D eigenvalue weighted by atomic mass is 32.2. The van der Waals surface area contributed by atoms with E-state index in [2.05, 4.69) is 10.6 Å². The van der Waals surface area contributed by atoms with Gasteiger partial charge in [0.05, 0.1) is 11.4 Å². The Morgan fingerprint density at radius 2 is 2.00 bits per heavy atom. The van der Waals surface area contributed by atoms with Crippen LogP contribution in [0.3, 0.4) is 0 Å². The normalized spacial score (nSPS) is 14.3. The number of nitrogens with zero attached hydrogens (tertiary/aromatic N) is 1. The number of amides is 2. The lowest BCUT2D eigenvalue weighted by atomic mass is 10.2. The number of hydrogen-bond acceptors (Lipinski definition) is 4. The Morgan fingerprint density at radius 3 is 2.75 bits per heavy atom. The van der Waals surface area contributed by atoms with E-state index in [1.54, 1.807) is 11.9 Å². The molecule has 1 aliphatic heterocycles. The third kappa shape index (κ3) is 3.54. The molecular weight excluding hydrogens is 322 g/mol. The number of benzene rings is 2. The van der Waals surface area contributed by atoms with Crippen molar-refractivity contribution in [2.75, 3.05) is 28.3 Å². The van der Waals surface area contributed by atoms with Crippen LogP contribution in [-0.2, 0) is 9.59 Å². The summed E-state index contributed by atoms with van der Waals surface area (Å²) in [6, 6.07) is 14.9. The molecule has 0 radical (unpaired) electrons. The third-order valence-electron chi connectivity index (χ3n) is 3.84. The van der Waals surface area contributed by atoms with E-state index in [-0.39, 0.29) is 17.9 Å². The van der Waals surface area contributed by atoms with Gasteiger partial charge in [-0.3, -0.25) is 9.59 Å². The Kier molecular flexibility index (Phi) is 4.76. The molecule has 2 amide bonds. The van der Waals surface area contributed by atoms with Crippen molar-refractivity contribution >= 4 is 40.6 Å². The zero-order valence-electron chi connectivity index (χ0n) is 13.6. The van der Waals surface area contributed by atoms with Crippen molar-refractivity contribution in [2.24, 2.45) is 0 Å². The van der Waals surface area contributed by atoms with Crippen molar-refractivity contribution in [3.05, 3.63) is 48.5 Å². The number of anilines is 3. The lowest BCUT2D eigenvalue weighted by Crippen LogP contribution is -2.39. The van der Waals surface area contributed by atoms with Crippen molar-refractivity contribution in [2.45, 2.75) is 17.9 Å². The Bertz CT molecular complexity index is 764. The first-order valence-corrected chi connectivity index (χ1v) is 8.69. The molecule has 0 fully saturated rings. The molecule has 0 saturated carbocycles. The van der Waals surface area contributed by atoms with Gasteiger partial charge in [-0.15, -0.1) is 11.8 Å². The van der Waals surface area contributed by atoms with Crippen LogP contribution in [0.4, 0.5) is 17.1 Å². The molecule has 2 aromatic rings. The van der Waals surface area contributed by atoms with Gasteiger partial charge in [-0.2, -0.15) is 0 Å². The second kappa shape index (κ2) is 6.97. The summed E-state index contributed by atoms with van der Waals surface area (Å²) >= 11 is 1.52. The summed E-state index contributed by atoms with van der Waals surface area (Å²) in [6.45, 7) is 1.83. The number of thioether (sulfide) groups is 1. The van der Waals surface area contributed by atoms with Gasteiger partial charge in [0.1, 0.15) is 6.04 Å². The van der Waals surface area contributed by atoms with Crippen LogP contribution >= 0.6 is 11.8 Å². The topological polar surface area (TPSA) is 61.4 Å². The van der Waals surface area contributed by atoms with E-state index >= 15 is 0 Å². The molecule has 3 rings (SSSR count). The number of rotatable bonds is 4. The van der Waals surface area contributed by atoms with Crippen LogP contribution < -0.4 is 15.5 Å². The minimum absolute atomic E-state index is 0.00224. The van der Waals surface area contributed by atoms with E-state index in [1.165, 1.54) is 11.8 Å². The maximum Gasteiger partial charge on any atom is 0.248 e. The molecule has 0 bridgehead atoms. The molecule has 24 heavy (non-hydrogen) atoms. The predicted octanol–water partition coefficient (Wildman–Crippen LogP) is 3.19. The molecule has 0 unspecified atom stereocenters. The molecule has 1 heterocycles. The van der Waals surface area contributed by atoms with Gasteiger partial charge in [0.2, 0.25) is 11.8 Å². The van der Waals surface area contributed by atoms with E-state index in [1.807, 2.05) is 55.5 Å². The first-order chi connectivity index (χ1) is 11.5. The average molecular weight is 341 g/mol. The smallest absolute Gasteiger partial charge is 0.248 e. The Balaban J connectivity index is 1.70. The van der Waals surface area contributed by atoms with Crippen LogP contribution in [-0.4, -0.2) is 30.7 Å². The van der Waals surface area contributed by atoms with Gasteiger partial charge < -0.3 is 15.5 Å². The molecule has 6 heteroatoms. The minimum atomic E-state index is -0.389. The maximum atomic E-state index is 12.6. The van der Waals surface area contributed by atoms with Gasteiger partial charge >= 0.3 is 0 Å². The fourth-order valence-electron chi connectivity index (χ4n) is 2.55. The molecule has 0 spiro atoms. The summed E-state index contributed by atoms with van der Waals surface area (Å²) in [7, 11) is 1.76. The van der Waals surface area contributed by atoms with Gasteiger partial charge in [-0.25, -0.2) is 0 Å². The molecule has 5 nitrogen and oxygen atoms in total. The van der Waals surface area contributed by atoms with Crippen LogP contribution in [0.15, 0.2) is 53.4 Å². The minimum Gasteiger partial charge on any atom is -0.374 e. The van der Waals surface area contributed by atoms with Crippen molar-refractivity contribution in [3.8, 4) is 0 Å². The van der Waals surface area contributed by atoms with Crippen LogP contribution in [0.25, 0.3) is 0 Å². The summed E-state index contributed by atoms with van der Waals surface area (Å²) in [5, 5.41) is 6.06. The zero-order valence-corrected chi connectivity index (χ0v) is 14.4. The highest BCUT2D eigenvalue weighted by Gasteiger charge is 2.20. The fourth-order valence-corrected chi connectivity index (χ4v) is 3.34. The fraction of sp³-hybridized carbons (Fsp3) is 0.222. The molecule has 1 aliphatic rings. The second-order valence-electron chi connectivity index (χ2n) is 5.65. The first-order valence-electron chi connectivity index (χ1n) is 7.70. The van der Waals surface area contributed by atoms with Crippen LogP contribution in [0.1, 0.15) is 6.92 Å². The monoisotopic (exact) mass is 341 g/mol. The number of para-hydroxylation sites is 1. The SMILES string of the molecule is C[C@@H](Nc1ccc2c(c1)NC(=O)CS2)C(=O)N(C)c1ccccc1. The number of fused-ring (bicyclic) bond motifs is 1. The van der Waals surface area contributed by atoms with Crippen molar-refractivity contribution in [3.63, 3.8) is 0 Å². The highest BCUT2D eigenvalue weighted by molar-refractivity contribution is 8.00. The van der Waals surface area contributed by atoms with E-state index < -0.39 is 0 Å². The maximum absolute atomic E-state index is 12.6. The Hall–Kier alpha value is -2.47. The molecule has 0 aliphatic carbocycles. The summed E-state index contributed by atoms with van der Waals surface area (Å²) in [5.41, 5.74) is 2.45. The molecule has 1 atom stereocenters. The summed E-state index contributed by atoms with van der Waals surface area (Å²) in [4.78, 5) is 26.8. The zero-order chi connectivity index (χ0) is 17.1. The number of nitrogens with one attached hydrogen (secondary N) is 2. The molecule has 0 aromatic heterocycles. The summed E-state index contributed by atoms with van der Waals surface area (Å²) in [6.07, 6.45) is 0. The predicted molar refractivity (Wildman–Crippen MR) is 98.7 cm³/mol. The first kappa shape index (κ1) is 16.4. The van der Waals surface area contributed by atoms with Crippen LogP contribution in [0.5, 0.6) is 0 Å². The summed E-state index contributed by atoms with van der Waals surface area (Å²) < 4.78 is 0. The lowest BCUT2D eigenvalue weighted by molar-refractivity contribution is -0.118. The Morgan fingerprint density at radius 1 is 1.25 bits per heavy atom. The van der Waals surface area contributed by atoms with Gasteiger partial charge in [-0.1, -0.05) is 18.2 Å². The average Bonchev–Trinajstić information content (AvgIpc) is 2.60. The number of likely N-dealkylation sites (N-methyl/N-ethyl adjacent to an activating group) is 1. The third-order valence-corrected chi connectivity index (χ3v) is 4.91.